The summed E-state index contributed by atoms with van der Waals surface area (Å²) in [7, 11) is -3.91. The van der Waals surface area contributed by atoms with Gasteiger partial charge in [0.1, 0.15) is 46.4 Å². The number of alkyl carbamates (subject to hydrolysis) is 1. The van der Waals surface area contributed by atoms with E-state index in [4.69, 9.17) is 9.47 Å². The Morgan fingerprint density at radius 3 is 2.41 bits per heavy atom. The molecule has 3 fully saturated rings. The van der Waals surface area contributed by atoms with Crippen molar-refractivity contribution in [3.63, 3.8) is 0 Å². The SMILES string of the molecule is C=CC1C[C@]1(NC(=O)[C@@H]1C[C@@H](Oc2ccnc3c(F)cccc23)CN1C(=O)[C@@H](NC(=O)OC(C)(C)C)C(C)(C)C)C(=O)NS(=O)(=O)C1CC1. The fourth-order valence-electron chi connectivity index (χ4n) is 6.03. The number of benzene rings is 1. The van der Waals surface area contributed by atoms with E-state index in [9.17, 15) is 32.0 Å². The number of halogens is 1. The number of nitrogens with one attached hydrogen (secondary N) is 3. The number of rotatable bonds is 10. The zero-order valence-electron chi connectivity index (χ0n) is 28.5. The molecule has 1 aromatic heterocycles. The Morgan fingerprint density at radius 2 is 1.82 bits per heavy atom. The fourth-order valence-corrected chi connectivity index (χ4v) is 7.39. The number of hydrogen-bond acceptors (Lipinski definition) is 9. The summed E-state index contributed by atoms with van der Waals surface area (Å²) in [5, 5.41) is 5.14. The molecule has 2 aliphatic carbocycles. The molecule has 13 nitrogen and oxygen atoms in total. The second-order valence-electron chi connectivity index (χ2n) is 15.1. The number of likely N-dealkylation sites (tertiary alicyclic amines) is 1. The molecule has 2 saturated carbocycles. The number of amides is 4. The van der Waals surface area contributed by atoms with Crippen LogP contribution in [0.25, 0.3) is 10.9 Å². The van der Waals surface area contributed by atoms with Gasteiger partial charge in [-0.15, -0.1) is 6.58 Å². The molecule has 1 unspecified atom stereocenters. The second kappa shape index (κ2) is 12.9. The molecule has 3 aliphatic rings. The standard InChI is InChI=1S/C34H44FN5O8S/c1-8-19-17-34(19,30(43)39-49(45,46)21-12-13-21)38-28(41)24-16-20(47-25-14-15-36-26-22(25)10-9-11-23(26)35)18-40(24)29(42)27(32(2,3)4)37-31(44)48-33(5,6)7/h8-11,14-15,19-21,24,27H,1,12-13,16-18H2,2-7H3,(H,37,44)(H,38,41)(H,39,43)/t19?,20-,24+,27-,34-/m1/s1. The predicted octanol–water partition coefficient (Wildman–Crippen LogP) is 3.33. The highest BCUT2D eigenvalue weighted by atomic mass is 32.2. The number of pyridine rings is 1. The van der Waals surface area contributed by atoms with Crippen LogP contribution in [0.4, 0.5) is 9.18 Å². The van der Waals surface area contributed by atoms with Gasteiger partial charge in [-0.2, -0.15) is 0 Å². The van der Waals surface area contributed by atoms with Gasteiger partial charge < -0.3 is 25.0 Å². The van der Waals surface area contributed by atoms with Gasteiger partial charge in [0.2, 0.25) is 21.8 Å². The number of hydrogen-bond donors (Lipinski definition) is 3. The van der Waals surface area contributed by atoms with Crippen molar-refractivity contribution in [1.29, 1.82) is 0 Å². The smallest absolute Gasteiger partial charge is 0.408 e. The van der Waals surface area contributed by atoms with Crippen LogP contribution in [-0.2, 0) is 29.1 Å². The summed E-state index contributed by atoms with van der Waals surface area (Å²) in [5.41, 5.74) is -3.17. The molecule has 49 heavy (non-hydrogen) atoms. The summed E-state index contributed by atoms with van der Waals surface area (Å²) in [6, 6.07) is 3.66. The van der Waals surface area contributed by atoms with Crippen LogP contribution >= 0.6 is 0 Å². The molecule has 4 amide bonds. The molecule has 5 rings (SSSR count). The molecule has 5 atom stereocenters. The average molecular weight is 702 g/mol. The van der Waals surface area contributed by atoms with Crippen molar-refractivity contribution in [2.45, 2.75) is 102 Å². The molecule has 0 radical (unpaired) electrons. The van der Waals surface area contributed by atoms with Gasteiger partial charge in [-0.25, -0.2) is 17.6 Å². The van der Waals surface area contributed by atoms with E-state index < -0.39 is 85.6 Å². The van der Waals surface area contributed by atoms with E-state index in [0.717, 1.165) is 0 Å². The van der Waals surface area contributed by atoms with Crippen LogP contribution in [0.15, 0.2) is 43.1 Å². The third kappa shape index (κ3) is 7.81. The highest BCUT2D eigenvalue weighted by Crippen LogP contribution is 2.45. The second-order valence-corrected chi connectivity index (χ2v) is 17.0. The van der Waals surface area contributed by atoms with Crippen LogP contribution < -0.4 is 20.1 Å². The lowest BCUT2D eigenvalue weighted by Gasteiger charge is -2.36. The van der Waals surface area contributed by atoms with Crippen LogP contribution in [0.5, 0.6) is 5.75 Å². The van der Waals surface area contributed by atoms with Crippen molar-refractivity contribution < 1.29 is 41.5 Å². The van der Waals surface area contributed by atoms with Crippen LogP contribution in [-0.4, -0.2) is 83.2 Å². The highest BCUT2D eigenvalue weighted by Gasteiger charge is 2.62. The topological polar surface area (TPSA) is 173 Å². The first kappa shape index (κ1) is 36.0. The third-order valence-electron chi connectivity index (χ3n) is 8.85. The van der Waals surface area contributed by atoms with E-state index in [-0.39, 0.29) is 30.7 Å². The van der Waals surface area contributed by atoms with E-state index in [0.29, 0.717) is 18.2 Å². The monoisotopic (exact) mass is 701 g/mol. The third-order valence-corrected chi connectivity index (χ3v) is 10.7. The molecule has 3 N–H and O–H groups in total. The number of ether oxygens (including phenoxy) is 2. The largest absolute Gasteiger partial charge is 0.488 e. The Kier molecular flexibility index (Phi) is 9.47. The molecule has 2 aromatic rings. The molecule has 266 valence electrons. The Balaban J connectivity index is 1.44. The minimum atomic E-state index is -3.91. The van der Waals surface area contributed by atoms with Crippen molar-refractivity contribution in [3.8, 4) is 5.75 Å². The van der Waals surface area contributed by atoms with Gasteiger partial charge in [-0.1, -0.05) is 32.9 Å². The van der Waals surface area contributed by atoms with Gasteiger partial charge in [0.25, 0.3) is 5.91 Å². The summed E-state index contributed by atoms with van der Waals surface area (Å²) < 4.78 is 53.6. The number of nitrogens with zero attached hydrogens (tertiary/aromatic N) is 2. The summed E-state index contributed by atoms with van der Waals surface area (Å²) in [4.78, 5) is 60.1. The average Bonchev–Trinajstić information content (AvgIpc) is 3.91. The Morgan fingerprint density at radius 1 is 1.12 bits per heavy atom. The molecule has 2 heterocycles. The summed E-state index contributed by atoms with van der Waals surface area (Å²) in [6.45, 7) is 14.0. The highest BCUT2D eigenvalue weighted by molar-refractivity contribution is 7.91. The predicted molar refractivity (Wildman–Crippen MR) is 178 cm³/mol. The number of para-hydroxylation sites is 1. The van der Waals surface area contributed by atoms with Gasteiger partial charge in [0.15, 0.2) is 0 Å². The molecular formula is C34H44FN5O8S. The first-order chi connectivity index (χ1) is 22.8. The molecule has 0 spiro atoms. The van der Waals surface area contributed by atoms with Crippen molar-refractivity contribution in [2.24, 2.45) is 11.3 Å². The Labute approximate surface area is 285 Å². The van der Waals surface area contributed by atoms with Crippen molar-refractivity contribution in [2.75, 3.05) is 6.54 Å². The summed E-state index contributed by atoms with van der Waals surface area (Å²) in [5.74, 6) is -2.97. The van der Waals surface area contributed by atoms with Crippen LogP contribution in [0.3, 0.4) is 0 Å². The Hall–Kier alpha value is -4.27. The van der Waals surface area contributed by atoms with E-state index in [1.54, 1.807) is 53.7 Å². The molecule has 1 saturated heterocycles. The number of sulfonamides is 1. The van der Waals surface area contributed by atoms with E-state index in [1.165, 1.54) is 29.3 Å². The minimum Gasteiger partial charge on any atom is -0.488 e. The molecule has 1 aliphatic heterocycles. The van der Waals surface area contributed by atoms with Gasteiger partial charge in [-0.05, 0) is 63.6 Å². The first-order valence-electron chi connectivity index (χ1n) is 16.3. The summed E-state index contributed by atoms with van der Waals surface area (Å²) >= 11 is 0. The van der Waals surface area contributed by atoms with E-state index in [2.05, 4.69) is 26.9 Å². The Bertz CT molecular complexity index is 1780. The maximum absolute atomic E-state index is 14.5. The van der Waals surface area contributed by atoms with Gasteiger partial charge >= 0.3 is 6.09 Å². The quantitative estimate of drug-likeness (QED) is 0.314. The minimum absolute atomic E-state index is 0.0309. The van der Waals surface area contributed by atoms with Crippen molar-refractivity contribution >= 4 is 44.7 Å². The number of fused-ring (bicyclic) bond motifs is 1. The van der Waals surface area contributed by atoms with Crippen molar-refractivity contribution in [3.05, 3.63) is 48.9 Å². The molecule has 1 aromatic carbocycles. The van der Waals surface area contributed by atoms with E-state index >= 15 is 0 Å². The van der Waals surface area contributed by atoms with Crippen LogP contribution in [0.1, 0.15) is 67.2 Å². The molecule has 0 bridgehead atoms. The maximum atomic E-state index is 14.5. The van der Waals surface area contributed by atoms with Gasteiger partial charge in [0, 0.05) is 23.9 Å². The van der Waals surface area contributed by atoms with Gasteiger partial charge in [0.05, 0.1) is 11.8 Å². The number of aromatic nitrogens is 1. The molecular weight excluding hydrogens is 657 g/mol. The molecule has 15 heteroatoms. The van der Waals surface area contributed by atoms with Gasteiger partial charge in [-0.3, -0.25) is 24.1 Å². The normalized spacial score (nSPS) is 24.5. The summed E-state index contributed by atoms with van der Waals surface area (Å²) in [6.07, 6.45) is 2.25. The first-order valence-corrected chi connectivity index (χ1v) is 17.8. The van der Waals surface area contributed by atoms with Crippen molar-refractivity contribution in [1.82, 2.24) is 25.2 Å². The maximum Gasteiger partial charge on any atom is 0.408 e. The zero-order valence-corrected chi connectivity index (χ0v) is 29.4. The van der Waals surface area contributed by atoms with E-state index in [1.807, 2.05) is 0 Å². The lowest BCUT2D eigenvalue weighted by molar-refractivity contribution is -0.143. The van der Waals surface area contributed by atoms with Crippen LogP contribution in [0, 0.1) is 17.2 Å². The zero-order chi connectivity index (χ0) is 36.1. The fraction of sp³-hybridized carbons (Fsp3) is 0.559. The number of carbonyl (C=O) groups excluding carboxylic acids is 4. The lowest BCUT2D eigenvalue weighted by Crippen LogP contribution is -2.60. The lowest BCUT2D eigenvalue weighted by atomic mass is 9.85. The number of carbonyl (C=O) groups is 4. The van der Waals surface area contributed by atoms with Crippen LogP contribution in [0.2, 0.25) is 0 Å².